The molecule has 5 atom stereocenters. The van der Waals surface area contributed by atoms with E-state index in [0.29, 0.717) is 16.9 Å². The second-order valence-corrected chi connectivity index (χ2v) is 12.4. The van der Waals surface area contributed by atoms with Gasteiger partial charge in [-0.05, 0) is 24.4 Å². The minimum Gasteiger partial charge on any atom is -0.387 e. The van der Waals surface area contributed by atoms with Gasteiger partial charge in [0.05, 0.1) is 18.1 Å². The molecule has 33 heavy (non-hydrogen) atoms. The van der Waals surface area contributed by atoms with Crippen LogP contribution in [-0.2, 0) is 24.9 Å². The van der Waals surface area contributed by atoms with Crippen LogP contribution in [-0.4, -0.2) is 81.2 Å². The van der Waals surface area contributed by atoms with Gasteiger partial charge in [-0.25, -0.2) is 4.68 Å². The zero-order chi connectivity index (χ0) is 24.0. The third-order valence-corrected chi connectivity index (χ3v) is 9.08. The Morgan fingerprint density at radius 2 is 1.88 bits per heavy atom. The summed E-state index contributed by atoms with van der Waals surface area (Å²) >= 11 is 6.09. The topological polar surface area (TPSA) is 209 Å². The van der Waals surface area contributed by atoms with E-state index in [1.807, 2.05) is 0 Å². The van der Waals surface area contributed by atoms with Crippen molar-refractivity contribution in [1.82, 2.24) is 19.7 Å². The summed E-state index contributed by atoms with van der Waals surface area (Å²) in [5.41, 5.74) is 0.347. The van der Waals surface area contributed by atoms with Gasteiger partial charge in [-0.2, -0.15) is 15.1 Å². The van der Waals surface area contributed by atoms with E-state index in [1.54, 1.807) is 0 Å². The summed E-state index contributed by atoms with van der Waals surface area (Å²) in [5, 5.41) is 28.7. The Bertz CT molecular complexity index is 1110. The van der Waals surface area contributed by atoms with Gasteiger partial charge < -0.3 is 34.9 Å². The number of nitrogens with one attached hydrogen (secondary N) is 1. The molecule has 6 N–H and O–H groups in total. The molecule has 0 bridgehead atoms. The Morgan fingerprint density at radius 3 is 2.55 bits per heavy atom. The highest BCUT2D eigenvalue weighted by Gasteiger charge is 2.47. The molecule has 1 saturated carbocycles. The number of aliphatic hydroxyl groups is 2. The number of aromatic nitrogens is 4. The Morgan fingerprint density at radius 1 is 1.18 bits per heavy atom. The summed E-state index contributed by atoms with van der Waals surface area (Å²) in [6.07, 6.45) is -0.423. The van der Waals surface area contributed by atoms with E-state index < -0.39 is 45.7 Å². The molecule has 1 saturated heterocycles. The molecule has 0 aromatic carbocycles. The van der Waals surface area contributed by atoms with Crippen molar-refractivity contribution in [3.63, 3.8) is 0 Å². The molecule has 1 aliphatic carbocycles. The molecule has 2 aliphatic rings. The molecule has 1 unspecified atom stereocenters. The molecule has 2 aromatic heterocycles. The van der Waals surface area contributed by atoms with E-state index in [0.717, 1.165) is 25.7 Å². The molecule has 4 rings (SSSR count). The highest BCUT2D eigenvalue weighted by molar-refractivity contribution is 7.70. The number of halogens is 1. The summed E-state index contributed by atoms with van der Waals surface area (Å²) in [6.45, 7) is -0.133. The maximum Gasteiger partial charge on any atom is 0.342 e. The molecule has 0 amide bonds. The SMILES string of the molecule is O=P(O)(O)CP(=O)(O)O[C@H]1O[C@@H](Cn2ncc3c(NC4CCCC4)nc(Cl)nc32)[C@H](O)[C@@H]1O. The summed E-state index contributed by atoms with van der Waals surface area (Å²) in [5.74, 6) is -0.931. The zero-order valence-corrected chi connectivity index (χ0v) is 19.7. The van der Waals surface area contributed by atoms with Crippen molar-refractivity contribution in [1.29, 1.82) is 0 Å². The second kappa shape index (κ2) is 9.46. The first kappa shape index (κ1) is 24.9. The number of fused-ring (bicyclic) bond motifs is 1. The highest BCUT2D eigenvalue weighted by atomic mass is 35.5. The summed E-state index contributed by atoms with van der Waals surface area (Å²) < 4.78 is 34.4. The maximum absolute atomic E-state index is 12.0. The minimum absolute atomic E-state index is 0.0162. The first-order valence-electron chi connectivity index (χ1n) is 10.1. The summed E-state index contributed by atoms with van der Waals surface area (Å²) in [4.78, 5) is 35.9. The first-order chi connectivity index (χ1) is 15.4. The fraction of sp³-hybridized carbons (Fsp3) is 0.688. The first-order valence-corrected chi connectivity index (χ1v) is 14.1. The number of anilines is 1. The van der Waals surface area contributed by atoms with Crippen LogP contribution in [0.25, 0.3) is 11.0 Å². The van der Waals surface area contributed by atoms with Crippen LogP contribution < -0.4 is 5.32 Å². The van der Waals surface area contributed by atoms with Gasteiger partial charge in [-0.15, -0.1) is 0 Å². The number of hydrogen-bond donors (Lipinski definition) is 6. The summed E-state index contributed by atoms with van der Waals surface area (Å²) in [6, 6.07) is 0.262. The largest absolute Gasteiger partial charge is 0.387 e. The number of rotatable bonds is 8. The predicted octanol–water partition coefficient (Wildman–Crippen LogP) is 0.618. The van der Waals surface area contributed by atoms with Crippen molar-refractivity contribution in [2.75, 3.05) is 11.2 Å². The maximum atomic E-state index is 12.0. The van der Waals surface area contributed by atoms with Crippen LogP contribution >= 0.6 is 26.8 Å². The molecular weight excluding hydrogens is 504 g/mol. The number of nitrogens with zero attached hydrogens (tertiary/aromatic N) is 4. The van der Waals surface area contributed by atoms with E-state index >= 15 is 0 Å². The van der Waals surface area contributed by atoms with Crippen LogP contribution in [0.1, 0.15) is 25.7 Å². The van der Waals surface area contributed by atoms with E-state index in [-0.39, 0.29) is 17.9 Å². The molecule has 17 heteroatoms. The average molecular weight is 528 g/mol. The molecular formula is C16H24ClN5O9P2. The standard InChI is InChI=1S/C16H24ClN5O9P2/c17-16-20-13(19-8-3-1-2-4-8)9-5-18-22(14(9)21-16)6-10-11(23)12(24)15(30-10)31-33(28,29)7-32(25,26)27/h5,8,10-12,15,23-24H,1-4,6-7H2,(H,28,29)(H,19,20,21)(H2,25,26,27)/t10-,11-,12-,15+/m0/s1. The fourth-order valence-electron chi connectivity index (χ4n) is 3.99. The lowest BCUT2D eigenvalue weighted by Gasteiger charge is -2.19. The second-order valence-electron chi connectivity index (χ2n) is 8.10. The Hall–Kier alpha value is -1.18. The lowest BCUT2D eigenvalue weighted by molar-refractivity contribution is -0.115. The van der Waals surface area contributed by atoms with E-state index in [4.69, 9.17) is 30.6 Å². The number of ether oxygens (including phenoxy) is 1. The lowest BCUT2D eigenvalue weighted by atomic mass is 10.1. The molecule has 1 aliphatic heterocycles. The third kappa shape index (κ3) is 5.91. The van der Waals surface area contributed by atoms with Crippen LogP contribution in [0, 0.1) is 0 Å². The Balaban J connectivity index is 1.50. The predicted molar refractivity (Wildman–Crippen MR) is 115 cm³/mol. The monoisotopic (exact) mass is 527 g/mol. The van der Waals surface area contributed by atoms with Gasteiger partial charge in [0.2, 0.25) is 5.28 Å². The van der Waals surface area contributed by atoms with Gasteiger partial charge in [0, 0.05) is 6.04 Å². The number of aliphatic hydroxyl groups excluding tert-OH is 2. The van der Waals surface area contributed by atoms with Crippen molar-refractivity contribution in [3.05, 3.63) is 11.5 Å². The van der Waals surface area contributed by atoms with Crippen molar-refractivity contribution in [2.45, 2.75) is 62.9 Å². The zero-order valence-electron chi connectivity index (χ0n) is 17.1. The van der Waals surface area contributed by atoms with Gasteiger partial charge in [0.15, 0.2) is 17.8 Å². The normalized spacial score (nSPS) is 28.4. The van der Waals surface area contributed by atoms with Crippen molar-refractivity contribution in [3.8, 4) is 0 Å². The van der Waals surface area contributed by atoms with Crippen LogP contribution in [0.2, 0.25) is 5.28 Å². The van der Waals surface area contributed by atoms with Gasteiger partial charge in [0.1, 0.15) is 24.1 Å². The van der Waals surface area contributed by atoms with Crippen LogP contribution in [0.4, 0.5) is 5.82 Å². The Labute approximate surface area is 192 Å². The minimum atomic E-state index is -4.87. The van der Waals surface area contributed by atoms with E-state index in [2.05, 4.69) is 20.4 Å². The van der Waals surface area contributed by atoms with Gasteiger partial charge in [0.25, 0.3) is 0 Å². The number of hydrogen-bond acceptors (Lipinski definition) is 10. The van der Waals surface area contributed by atoms with Crippen molar-refractivity contribution >= 4 is 43.6 Å². The van der Waals surface area contributed by atoms with Crippen LogP contribution in [0.3, 0.4) is 0 Å². The van der Waals surface area contributed by atoms with Crippen molar-refractivity contribution < 1.29 is 43.3 Å². The van der Waals surface area contributed by atoms with Gasteiger partial charge in [-0.3, -0.25) is 13.7 Å². The molecule has 14 nitrogen and oxygen atoms in total. The quantitative estimate of drug-likeness (QED) is 0.205. The molecule has 184 valence electrons. The van der Waals surface area contributed by atoms with Crippen molar-refractivity contribution in [2.24, 2.45) is 0 Å². The van der Waals surface area contributed by atoms with E-state index in [1.165, 1.54) is 10.9 Å². The average Bonchev–Trinajstić information content (AvgIpc) is 3.38. The molecule has 0 radical (unpaired) electrons. The molecule has 2 fully saturated rings. The molecule has 3 heterocycles. The molecule has 2 aromatic rings. The Kier molecular flexibility index (Phi) is 7.15. The van der Waals surface area contributed by atoms with Gasteiger partial charge in [-0.1, -0.05) is 12.8 Å². The van der Waals surface area contributed by atoms with Crippen LogP contribution in [0.5, 0.6) is 0 Å². The van der Waals surface area contributed by atoms with Gasteiger partial charge >= 0.3 is 15.2 Å². The smallest absolute Gasteiger partial charge is 0.342 e. The fourth-order valence-corrected chi connectivity index (χ4v) is 6.78. The molecule has 0 spiro atoms. The third-order valence-electron chi connectivity index (χ3n) is 5.47. The van der Waals surface area contributed by atoms with Crippen LogP contribution in [0.15, 0.2) is 6.20 Å². The van der Waals surface area contributed by atoms with E-state index in [9.17, 15) is 24.2 Å². The summed E-state index contributed by atoms with van der Waals surface area (Å²) in [7, 11) is -9.69. The lowest BCUT2D eigenvalue weighted by Crippen LogP contribution is -2.35. The highest BCUT2D eigenvalue weighted by Crippen LogP contribution is 2.56.